The highest BCUT2D eigenvalue weighted by Gasteiger charge is 2.41. The van der Waals surface area contributed by atoms with Crippen LogP contribution in [0.4, 0.5) is 5.69 Å². The van der Waals surface area contributed by atoms with Crippen LogP contribution in [0.1, 0.15) is 22.7 Å². The van der Waals surface area contributed by atoms with Gasteiger partial charge in [-0.2, -0.15) is 0 Å². The Morgan fingerprint density at radius 1 is 1.00 bits per heavy atom. The molecular weight excluding hydrogens is 506 g/mol. The quantitative estimate of drug-likeness (QED) is 0.168. The van der Waals surface area contributed by atoms with E-state index >= 15 is 0 Å². The Morgan fingerprint density at radius 3 is 2.73 bits per heavy atom. The number of benzene rings is 3. The second-order valence-corrected chi connectivity index (χ2v) is 10.6. The molecule has 0 saturated carbocycles. The van der Waals surface area contributed by atoms with Crippen LogP contribution >= 0.6 is 23.5 Å². The van der Waals surface area contributed by atoms with Gasteiger partial charge in [-0.3, -0.25) is 10.1 Å². The summed E-state index contributed by atoms with van der Waals surface area (Å²) in [6.45, 7) is 0. The Morgan fingerprint density at radius 2 is 1.84 bits per heavy atom. The van der Waals surface area contributed by atoms with Gasteiger partial charge in [0, 0.05) is 39.1 Å². The van der Waals surface area contributed by atoms with E-state index in [9.17, 15) is 14.9 Å². The van der Waals surface area contributed by atoms with Crippen LogP contribution in [-0.2, 0) is 0 Å². The van der Waals surface area contributed by atoms with Gasteiger partial charge < -0.3 is 9.32 Å². The summed E-state index contributed by atoms with van der Waals surface area (Å²) in [5, 5.41) is 15.1. The molecule has 3 aromatic carbocycles. The lowest BCUT2D eigenvalue weighted by molar-refractivity contribution is -0.384. The van der Waals surface area contributed by atoms with Crippen molar-refractivity contribution in [2.75, 3.05) is 5.75 Å². The number of nitrogens with zero attached hydrogens (tertiary/aromatic N) is 3. The molecule has 4 heterocycles. The predicted octanol–water partition coefficient (Wildman–Crippen LogP) is 6.68. The number of nitro benzene ring substituents is 1. The molecule has 37 heavy (non-hydrogen) atoms. The molecule has 0 aliphatic carbocycles. The molecule has 0 radical (unpaired) electrons. The molecule has 0 saturated heterocycles. The van der Waals surface area contributed by atoms with Crippen LogP contribution in [0.2, 0.25) is 0 Å². The molecule has 0 spiro atoms. The van der Waals surface area contributed by atoms with Crippen LogP contribution < -0.4 is 5.63 Å². The molecule has 1 unspecified atom stereocenters. The molecule has 0 fully saturated rings. The van der Waals surface area contributed by atoms with Gasteiger partial charge in [-0.15, -0.1) is 11.8 Å². The van der Waals surface area contributed by atoms with E-state index < -0.39 is 5.63 Å². The average Bonchev–Trinajstić information content (AvgIpc) is 3.34. The summed E-state index contributed by atoms with van der Waals surface area (Å²) >= 11 is 3.17. The van der Waals surface area contributed by atoms with Crippen LogP contribution in [0.5, 0.6) is 0 Å². The van der Waals surface area contributed by atoms with Crippen molar-refractivity contribution in [3.05, 3.63) is 127 Å². The van der Waals surface area contributed by atoms with Crippen LogP contribution in [-0.4, -0.2) is 20.7 Å². The molecule has 0 amide bonds. The maximum atomic E-state index is 13.1. The average molecular weight is 524 g/mol. The molecule has 7 rings (SSSR count). The van der Waals surface area contributed by atoms with Crippen LogP contribution in [0.3, 0.4) is 0 Å². The van der Waals surface area contributed by atoms with E-state index in [2.05, 4.69) is 12.1 Å². The zero-order valence-corrected chi connectivity index (χ0v) is 20.8. The number of para-hydroxylation sites is 1. The number of hydrogen-bond acceptors (Lipinski definition) is 8. The number of hydrogen-bond donors (Lipinski definition) is 0. The second-order valence-electron chi connectivity index (χ2n) is 8.78. The first-order chi connectivity index (χ1) is 18.1. The summed E-state index contributed by atoms with van der Waals surface area (Å²) in [4.78, 5) is 32.6. The van der Waals surface area contributed by atoms with Gasteiger partial charge in [-0.25, -0.2) is 9.79 Å². The minimum absolute atomic E-state index is 0.0233. The van der Waals surface area contributed by atoms with Gasteiger partial charge >= 0.3 is 5.63 Å². The summed E-state index contributed by atoms with van der Waals surface area (Å²) in [5.74, 6) is 0.678. The summed E-state index contributed by atoms with van der Waals surface area (Å²) in [7, 11) is 0. The van der Waals surface area contributed by atoms with Crippen molar-refractivity contribution in [1.82, 2.24) is 4.90 Å². The monoisotopic (exact) mass is 523 g/mol. The Kier molecular flexibility index (Phi) is 5.09. The fourth-order valence-electron chi connectivity index (χ4n) is 5.02. The normalized spacial score (nSPS) is 18.2. The van der Waals surface area contributed by atoms with Gasteiger partial charge in [0.05, 0.1) is 27.9 Å². The molecule has 3 aliphatic rings. The minimum Gasteiger partial charge on any atom is -0.422 e. The first-order valence-electron chi connectivity index (χ1n) is 11.6. The number of thioether (sulfide) groups is 2. The number of aliphatic imine (C=N–C) groups is 1. The van der Waals surface area contributed by atoms with Crippen molar-refractivity contribution in [3.63, 3.8) is 0 Å². The molecule has 1 aromatic heterocycles. The molecule has 180 valence electrons. The van der Waals surface area contributed by atoms with E-state index in [4.69, 9.17) is 9.41 Å². The number of non-ortho nitro benzene ring substituents is 1. The second kappa shape index (κ2) is 8.50. The largest absolute Gasteiger partial charge is 0.422 e. The van der Waals surface area contributed by atoms with Crippen molar-refractivity contribution >= 4 is 56.7 Å². The lowest BCUT2D eigenvalue weighted by Crippen LogP contribution is -2.35. The zero-order valence-electron chi connectivity index (χ0n) is 19.2. The van der Waals surface area contributed by atoms with E-state index in [0.717, 1.165) is 37.8 Å². The predicted molar refractivity (Wildman–Crippen MR) is 147 cm³/mol. The van der Waals surface area contributed by atoms with Crippen molar-refractivity contribution in [1.29, 1.82) is 0 Å². The molecule has 9 heteroatoms. The highest BCUT2D eigenvalue weighted by molar-refractivity contribution is 8.16. The first-order valence-corrected chi connectivity index (χ1v) is 13.4. The smallest absolute Gasteiger partial charge is 0.345 e. The number of nitro groups is 1. The molecule has 0 N–H and O–H groups in total. The molecular formula is C28H17N3O4S2. The van der Waals surface area contributed by atoms with Crippen LogP contribution in [0, 0.1) is 10.1 Å². The maximum absolute atomic E-state index is 13.1. The molecule has 4 aromatic rings. The first kappa shape index (κ1) is 22.1. The third kappa shape index (κ3) is 3.53. The van der Waals surface area contributed by atoms with Crippen LogP contribution in [0.25, 0.3) is 22.4 Å². The lowest BCUT2D eigenvalue weighted by Gasteiger charge is -2.39. The number of fused-ring (bicyclic) bond motifs is 4. The maximum Gasteiger partial charge on any atom is 0.345 e. The highest BCUT2D eigenvalue weighted by atomic mass is 32.2. The van der Waals surface area contributed by atoms with Gasteiger partial charge in [0.25, 0.3) is 5.69 Å². The van der Waals surface area contributed by atoms with E-state index in [-0.39, 0.29) is 16.7 Å². The highest BCUT2D eigenvalue weighted by Crippen LogP contribution is 2.52. The van der Waals surface area contributed by atoms with E-state index in [1.54, 1.807) is 30.0 Å². The Labute approximate surface area is 219 Å². The number of rotatable bonds is 3. The topological polar surface area (TPSA) is 88.9 Å². The Hall–Kier alpha value is -4.08. The fraction of sp³-hybridized carbons (Fsp3) is 0.0714. The van der Waals surface area contributed by atoms with Gasteiger partial charge in [0.15, 0.2) is 5.17 Å². The van der Waals surface area contributed by atoms with Crippen molar-refractivity contribution in [2.24, 2.45) is 4.99 Å². The van der Waals surface area contributed by atoms with Crippen molar-refractivity contribution in [3.8, 4) is 0 Å². The third-order valence-corrected chi connectivity index (χ3v) is 8.64. The fourth-order valence-corrected chi connectivity index (χ4v) is 7.04. The van der Waals surface area contributed by atoms with E-state index in [0.29, 0.717) is 22.6 Å². The Bertz CT molecular complexity index is 1790. The summed E-state index contributed by atoms with van der Waals surface area (Å²) in [6.07, 6.45) is 0. The molecule has 3 aliphatic heterocycles. The third-order valence-electron chi connectivity index (χ3n) is 6.68. The molecule has 7 nitrogen and oxygen atoms in total. The van der Waals surface area contributed by atoms with Crippen LogP contribution in [0.15, 0.2) is 109 Å². The van der Waals surface area contributed by atoms with Crippen molar-refractivity contribution in [2.45, 2.75) is 10.9 Å². The SMILES string of the molecule is O=c1oc2ccccc2cc1C1=CSC2=NC3=C(CSc4ccccc43)C(c3cccc([N+](=O)[O-])c3)N12. The zero-order chi connectivity index (χ0) is 25.1. The van der Waals surface area contributed by atoms with Gasteiger partial charge in [0.1, 0.15) is 5.58 Å². The van der Waals surface area contributed by atoms with Gasteiger partial charge in [0.2, 0.25) is 0 Å². The minimum atomic E-state index is -0.437. The number of amidine groups is 1. The van der Waals surface area contributed by atoms with Crippen molar-refractivity contribution < 1.29 is 9.34 Å². The summed E-state index contributed by atoms with van der Waals surface area (Å²) < 4.78 is 5.65. The standard InChI is InChI=1S/C28H17N3O4S2/c32-27-20(13-16-6-1-3-10-23(16)35-27)22-15-37-28-29-25-19-9-2-4-11-24(19)36-14-21(25)26(30(22)28)17-7-5-8-18(12-17)31(33)34/h1-13,15,26H,14H2. The Balaban J connectivity index is 1.44. The molecule has 1 atom stereocenters. The molecule has 0 bridgehead atoms. The summed E-state index contributed by atoms with van der Waals surface area (Å²) in [6, 6.07) is 23.8. The lowest BCUT2D eigenvalue weighted by atomic mass is 9.91. The van der Waals surface area contributed by atoms with E-state index in [1.165, 1.54) is 17.8 Å². The van der Waals surface area contributed by atoms with Gasteiger partial charge in [-0.1, -0.05) is 60.3 Å². The van der Waals surface area contributed by atoms with Gasteiger partial charge in [-0.05, 0) is 29.3 Å². The van der Waals surface area contributed by atoms with E-state index in [1.807, 2.05) is 52.8 Å². The summed E-state index contributed by atoms with van der Waals surface area (Å²) in [5.41, 5.74) is 4.98.